The maximum Gasteiger partial charge on any atom is 0.292 e. The van der Waals surface area contributed by atoms with Crippen molar-refractivity contribution in [3.63, 3.8) is 0 Å². The van der Waals surface area contributed by atoms with Crippen molar-refractivity contribution in [3.05, 3.63) is 34.2 Å². The van der Waals surface area contributed by atoms with Crippen LogP contribution in [-0.2, 0) is 0 Å². The summed E-state index contributed by atoms with van der Waals surface area (Å²) >= 11 is 3.26. The van der Waals surface area contributed by atoms with E-state index in [0.29, 0.717) is 17.0 Å². The lowest BCUT2D eigenvalue weighted by molar-refractivity contribution is 0.579. The number of aryl methyl sites for hydroxylation is 1. The lowest BCUT2D eigenvalue weighted by atomic mass is 10.1. The minimum absolute atomic E-state index is 0.0434. The van der Waals surface area contributed by atoms with Crippen LogP contribution in [0.5, 0.6) is 0 Å². The SMILES string of the molecule is Cc1nc(N)oc1-c1cc(Br)ccc1F. The summed E-state index contributed by atoms with van der Waals surface area (Å²) < 4.78 is 19.4. The van der Waals surface area contributed by atoms with Gasteiger partial charge in [-0.25, -0.2) is 4.39 Å². The number of nitrogens with two attached hydrogens (primary N) is 1. The van der Waals surface area contributed by atoms with Crippen molar-refractivity contribution in [2.75, 3.05) is 5.73 Å². The van der Waals surface area contributed by atoms with E-state index >= 15 is 0 Å². The molecule has 0 atom stereocenters. The Morgan fingerprint density at radius 1 is 1.47 bits per heavy atom. The van der Waals surface area contributed by atoms with Gasteiger partial charge in [0.15, 0.2) is 5.76 Å². The van der Waals surface area contributed by atoms with E-state index in [1.807, 2.05) is 0 Å². The Morgan fingerprint density at radius 3 is 2.80 bits per heavy atom. The third-order valence-electron chi connectivity index (χ3n) is 1.99. The zero-order valence-corrected chi connectivity index (χ0v) is 9.51. The van der Waals surface area contributed by atoms with Crippen LogP contribution in [0.25, 0.3) is 11.3 Å². The summed E-state index contributed by atoms with van der Waals surface area (Å²) in [6.07, 6.45) is 0. The van der Waals surface area contributed by atoms with Crippen LogP contribution in [0.3, 0.4) is 0 Å². The monoisotopic (exact) mass is 270 g/mol. The molecule has 0 spiro atoms. The molecule has 15 heavy (non-hydrogen) atoms. The molecule has 0 aliphatic rings. The number of oxazole rings is 1. The zero-order chi connectivity index (χ0) is 11.0. The molecule has 0 unspecified atom stereocenters. The number of nitrogen functional groups attached to an aromatic ring is 1. The minimum Gasteiger partial charge on any atom is -0.423 e. The number of aromatic nitrogens is 1. The van der Waals surface area contributed by atoms with E-state index in [1.54, 1.807) is 19.1 Å². The Kier molecular flexibility index (Phi) is 2.48. The van der Waals surface area contributed by atoms with Crippen LogP contribution >= 0.6 is 15.9 Å². The first-order valence-corrected chi connectivity index (χ1v) is 5.05. The van der Waals surface area contributed by atoms with Crippen molar-refractivity contribution in [3.8, 4) is 11.3 Å². The van der Waals surface area contributed by atoms with Crippen LogP contribution < -0.4 is 5.73 Å². The molecule has 0 saturated heterocycles. The van der Waals surface area contributed by atoms with Gasteiger partial charge in [-0.3, -0.25) is 0 Å². The molecule has 0 amide bonds. The Morgan fingerprint density at radius 2 is 2.20 bits per heavy atom. The molecule has 5 heteroatoms. The summed E-state index contributed by atoms with van der Waals surface area (Å²) in [4.78, 5) is 3.89. The molecule has 0 bridgehead atoms. The average molecular weight is 271 g/mol. The Bertz CT molecular complexity index is 510. The number of rotatable bonds is 1. The van der Waals surface area contributed by atoms with Gasteiger partial charge >= 0.3 is 0 Å². The van der Waals surface area contributed by atoms with Crippen molar-refractivity contribution in [2.45, 2.75) is 6.92 Å². The second-order valence-corrected chi connectivity index (χ2v) is 4.01. The highest BCUT2D eigenvalue weighted by Gasteiger charge is 2.14. The fraction of sp³-hybridized carbons (Fsp3) is 0.100. The number of halogens is 2. The first-order chi connectivity index (χ1) is 7.08. The number of nitrogens with zero attached hydrogens (tertiary/aromatic N) is 1. The fourth-order valence-electron chi connectivity index (χ4n) is 1.34. The molecule has 0 aliphatic carbocycles. The van der Waals surface area contributed by atoms with Crippen LogP contribution in [0.2, 0.25) is 0 Å². The smallest absolute Gasteiger partial charge is 0.292 e. The molecule has 0 saturated carbocycles. The molecule has 1 aromatic heterocycles. The molecule has 1 heterocycles. The fourth-order valence-corrected chi connectivity index (χ4v) is 1.70. The number of hydrogen-bond acceptors (Lipinski definition) is 3. The normalized spacial score (nSPS) is 10.6. The van der Waals surface area contributed by atoms with Gasteiger partial charge in [0.2, 0.25) is 0 Å². The summed E-state index contributed by atoms with van der Waals surface area (Å²) in [6.45, 7) is 1.72. The van der Waals surface area contributed by atoms with Crippen LogP contribution in [0.4, 0.5) is 10.4 Å². The van der Waals surface area contributed by atoms with E-state index in [4.69, 9.17) is 10.2 Å². The topological polar surface area (TPSA) is 52.0 Å². The zero-order valence-electron chi connectivity index (χ0n) is 7.92. The van der Waals surface area contributed by atoms with Gasteiger partial charge in [-0.1, -0.05) is 15.9 Å². The Balaban J connectivity index is 2.62. The van der Waals surface area contributed by atoms with Gasteiger partial charge in [0, 0.05) is 4.47 Å². The predicted molar refractivity (Wildman–Crippen MR) is 58.7 cm³/mol. The van der Waals surface area contributed by atoms with Crippen LogP contribution in [0.1, 0.15) is 5.69 Å². The van der Waals surface area contributed by atoms with Crippen molar-refractivity contribution < 1.29 is 8.81 Å². The minimum atomic E-state index is -0.363. The average Bonchev–Trinajstić information content (AvgIpc) is 2.50. The third-order valence-corrected chi connectivity index (χ3v) is 2.48. The van der Waals surface area contributed by atoms with Gasteiger partial charge < -0.3 is 10.2 Å². The van der Waals surface area contributed by atoms with Crippen molar-refractivity contribution in [2.24, 2.45) is 0 Å². The van der Waals surface area contributed by atoms with Gasteiger partial charge in [-0.05, 0) is 25.1 Å². The summed E-state index contributed by atoms with van der Waals surface area (Å²) in [6, 6.07) is 4.65. The number of anilines is 1. The maximum atomic E-state index is 13.5. The van der Waals surface area contributed by atoms with E-state index in [-0.39, 0.29) is 11.8 Å². The van der Waals surface area contributed by atoms with Crippen molar-refractivity contribution in [1.82, 2.24) is 4.98 Å². The molecular weight excluding hydrogens is 263 g/mol. The predicted octanol–water partition coefficient (Wildman–Crippen LogP) is 3.13. The lowest BCUT2D eigenvalue weighted by Gasteiger charge is -2.00. The molecule has 0 fully saturated rings. The summed E-state index contributed by atoms with van der Waals surface area (Å²) in [7, 11) is 0. The number of benzene rings is 1. The Hall–Kier alpha value is -1.36. The molecule has 2 aromatic rings. The molecule has 0 radical (unpaired) electrons. The van der Waals surface area contributed by atoms with Crippen LogP contribution in [-0.4, -0.2) is 4.98 Å². The highest BCUT2D eigenvalue weighted by molar-refractivity contribution is 9.10. The van der Waals surface area contributed by atoms with E-state index in [2.05, 4.69) is 20.9 Å². The largest absolute Gasteiger partial charge is 0.423 e. The molecule has 2 N–H and O–H groups in total. The van der Waals surface area contributed by atoms with E-state index in [9.17, 15) is 4.39 Å². The summed E-state index contributed by atoms with van der Waals surface area (Å²) in [5.74, 6) is 0.00347. The van der Waals surface area contributed by atoms with E-state index < -0.39 is 0 Å². The summed E-state index contributed by atoms with van der Waals surface area (Å²) in [5.41, 5.74) is 6.32. The second kappa shape index (κ2) is 3.66. The lowest BCUT2D eigenvalue weighted by Crippen LogP contribution is -1.84. The molecular formula is C10H8BrFN2O. The first-order valence-electron chi connectivity index (χ1n) is 4.26. The van der Waals surface area contributed by atoms with Gasteiger partial charge in [0.25, 0.3) is 6.01 Å². The van der Waals surface area contributed by atoms with Gasteiger partial charge in [-0.15, -0.1) is 0 Å². The third kappa shape index (κ3) is 1.87. The summed E-state index contributed by atoms with van der Waals surface area (Å²) in [5, 5.41) is 0. The van der Waals surface area contributed by atoms with E-state index in [1.165, 1.54) is 6.07 Å². The standard InChI is InChI=1S/C10H8BrFN2O/c1-5-9(15-10(13)14-5)7-4-6(11)2-3-8(7)12/h2-4H,1H3,(H2,13,14). The van der Waals surface area contributed by atoms with Crippen LogP contribution in [0.15, 0.2) is 27.1 Å². The van der Waals surface area contributed by atoms with Crippen LogP contribution in [0, 0.1) is 12.7 Å². The van der Waals surface area contributed by atoms with Crippen molar-refractivity contribution >= 4 is 21.9 Å². The van der Waals surface area contributed by atoms with Crippen molar-refractivity contribution in [1.29, 1.82) is 0 Å². The second-order valence-electron chi connectivity index (χ2n) is 3.09. The highest BCUT2D eigenvalue weighted by atomic mass is 79.9. The molecule has 1 aromatic carbocycles. The molecule has 78 valence electrons. The first kappa shape index (κ1) is 10.2. The Labute approximate surface area is 94.2 Å². The molecule has 2 rings (SSSR count). The number of hydrogen-bond donors (Lipinski definition) is 1. The quantitative estimate of drug-likeness (QED) is 0.866. The molecule has 0 aliphatic heterocycles. The van der Waals surface area contributed by atoms with Gasteiger partial charge in [0.1, 0.15) is 5.82 Å². The molecule has 3 nitrogen and oxygen atoms in total. The maximum absolute atomic E-state index is 13.5. The highest BCUT2D eigenvalue weighted by Crippen LogP contribution is 2.29. The van der Waals surface area contributed by atoms with E-state index in [0.717, 1.165) is 4.47 Å². The van der Waals surface area contributed by atoms with Gasteiger partial charge in [0.05, 0.1) is 11.3 Å². The van der Waals surface area contributed by atoms with Gasteiger partial charge in [-0.2, -0.15) is 4.98 Å².